The molecule has 8 nitrogen and oxygen atoms in total. The van der Waals surface area contributed by atoms with Crippen molar-refractivity contribution in [2.45, 2.75) is 39.0 Å². The van der Waals surface area contributed by atoms with E-state index in [0.29, 0.717) is 30.1 Å². The number of likely N-dealkylation sites (N-methyl/N-ethyl adjacent to an activating group) is 1. The summed E-state index contributed by atoms with van der Waals surface area (Å²) >= 11 is 0. The molecule has 0 unspecified atom stereocenters. The number of anilines is 1. The second-order valence-electron chi connectivity index (χ2n) is 13.1. The van der Waals surface area contributed by atoms with E-state index in [-0.39, 0.29) is 42.9 Å². The zero-order chi connectivity index (χ0) is 33.8. The summed E-state index contributed by atoms with van der Waals surface area (Å²) in [6, 6.07) is 31.9. The van der Waals surface area contributed by atoms with Gasteiger partial charge in [-0.3, -0.25) is 14.5 Å². The first-order chi connectivity index (χ1) is 23.2. The number of carbonyl (C=O) groups excluding carboxylic acids is 2. The third-order valence-electron chi connectivity index (χ3n) is 9.28. The highest BCUT2D eigenvalue weighted by atomic mass is 16.5. The normalized spacial score (nSPS) is 17.0. The van der Waals surface area contributed by atoms with Crippen LogP contribution in [0.25, 0.3) is 22.0 Å². The van der Waals surface area contributed by atoms with Crippen LogP contribution in [-0.4, -0.2) is 70.2 Å². The number of aryl methyl sites for hydroxylation is 1. The Morgan fingerprint density at radius 1 is 1.00 bits per heavy atom. The van der Waals surface area contributed by atoms with Gasteiger partial charge in [-0.1, -0.05) is 79.7 Å². The first-order valence-corrected chi connectivity index (χ1v) is 16.6. The van der Waals surface area contributed by atoms with Crippen LogP contribution in [-0.2, 0) is 24.8 Å². The zero-order valence-corrected chi connectivity index (χ0v) is 28.1. The Hall–Kier alpha value is -4.92. The lowest BCUT2D eigenvalue weighted by Crippen LogP contribution is -2.49. The minimum absolute atomic E-state index is 0.000851. The lowest BCUT2D eigenvalue weighted by atomic mass is 9.99. The van der Waals surface area contributed by atoms with E-state index in [1.807, 2.05) is 67.2 Å². The van der Waals surface area contributed by atoms with Gasteiger partial charge in [-0.15, -0.1) is 0 Å². The predicted molar refractivity (Wildman–Crippen MR) is 191 cm³/mol. The molecule has 248 valence electrons. The average molecular weight is 645 g/mol. The first-order valence-electron chi connectivity index (χ1n) is 16.6. The van der Waals surface area contributed by atoms with Crippen molar-refractivity contribution in [3.63, 3.8) is 0 Å². The van der Waals surface area contributed by atoms with E-state index >= 15 is 0 Å². The number of hydrogen-bond donors (Lipinski definition) is 2. The molecule has 0 fully saturated rings. The van der Waals surface area contributed by atoms with Gasteiger partial charge in [0.2, 0.25) is 5.91 Å². The van der Waals surface area contributed by atoms with Crippen LogP contribution in [0.15, 0.2) is 103 Å². The maximum Gasteiger partial charge on any atom is 0.258 e. The number of nitrogens with zero attached hydrogens (tertiary/aromatic N) is 3. The fourth-order valence-corrected chi connectivity index (χ4v) is 6.58. The van der Waals surface area contributed by atoms with Crippen molar-refractivity contribution in [3.8, 4) is 16.9 Å². The Kier molecular flexibility index (Phi) is 9.94. The monoisotopic (exact) mass is 644 g/mol. The fourth-order valence-electron chi connectivity index (χ4n) is 6.58. The summed E-state index contributed by atoms with van der Waals surface area (Å²) in [5.41, 5.74) is 6.47. The highest BCUT2D eigenvalue weighted by molar-refractivity contribution is 6.00. The first kappa shape index (κ1) is 33.0. The molecule has 1 aromatic heterocycles. The molecule has 4 aromatic carbocycles. The lowest BCUT2D eigenvalue weighted by Gasteiger charge is -2.38. The maximum absolute atomic E-state index is 13.9. The van der Waals surface area contributed by atoms with Gasteiger partial charge in [0, 0.05) is 55.4 Å². The van der Waals surface area contributed by atoms with E-state index in [1.54, 1.807) is 23.1 Å². The minimum Gasteiger partial charge on any atom is -0.488 e. The van der Waals surface area contributed by atoms with Crippen LogP contribution in [0.2, 0.25) is 0 Å². The van der Waals surface area contributed by atoms with Crippen LogP contribution < -0.4 is 10.1 Å². The number of ether oxygens (including phenoxy) is 1. The summed E-state index contributed by atoms with van der Waals surface area (Å²) in [5.74, 6) is 0.0725. The van der Waals surface area contributed by atoms with Gasteiger partial charge in [0.1, 0.15) is 11.9 Å². The largest absolute Gasteiger partial charge is 0.488 e. The molecule has 3 atom stereocenters. The van der Waals surface area contributed by atoms with Crippen molar-refractivity contribution in [1.29, 1.82) is 0 Å². The molecular formula is C40H44N4O4. The number of amides is 2. The van der Waals surface area contributed by atoms with Crippen molar-refractivity contribution in [2.24, 2.45) is 13.0 Å². The highest BCUT2D eigenvalue weighted by Crippen LogP contribution is 2.31. The minimum atomic E-state index is -0.378. The third-order valence-corrected chi connectivity index (χ3v) is 9.28. The Balaban J connectivity index is 1.19. The lowest BCUT2D eigenvalue weighted by molar-refractivity contribution is -0.115. The molecule has 0 bridgehead atoms. The molecule has 8 heteroatoms. The molecule has 6 rings (SSSR count). The molecule has 0 saturated carbocycles. The molecule has 0 radical (unpaired) electrons. The standard InChI is InChI=1S/C40H44N4O4/c1-27-22-44(28(2)26-45)40(47)35-21-33(41-39(46)20-32-24-43(4)36-13-9-8-12-34(32)36)18-19-37(35)48-38(27)25-42(3)23-29-14-16-31(17-15-29)30-10-6-5-7-11-30/h5-19,21,24,27-28,38,45H,20,22-23,25-26H2,1-4H3,(H,41,46)/t27-,28-,38-/m1/s1. The molecule has 2 heterocycles. The van der Waals surface area contributed by atoms with Crippen LogP contribution in [0, 0.1) is 5.92 Å². The number of benzene rings is 4. The number of carbonyl (C=O) groups is 2. The number of fused-ring (bicyclic) bond motifs is 2. The van der Waals surface area contributed by atoms with Crippen molar-refractivity contribution in [3.05, 3.63) is 120 Å². The Morgan fingerprint density at radius 2 is 1.71 bits per heavy atom. The topological polar surface area (TPSA) is 87.0 Å². The zero-order valence-electron chi connectivity index (χ0n) is 28.1. The summed E-state index contributed by atoms with van der Waals surface area (Å²) in [6.45, 7) is 5.60. The Bertz CT molecular complexity index is 1890. The average Bonchev–Trinajstić information content (AvgIpc) is 3.41. The Morgan fingerprint density at radius 3 is 2.46 bits per heavy atom. The van der Waals surface area contributed by atoms with E-state index in [9.17, 15) is 14.7 Å². The van der Waals surface area contributed by atoms with Crippen LogP contribution >= 0.6 is 0 Å². The van der Waals surface area contributed by atoms with E-state index < -0.39 is 0 Å². The number of aliphatic hydroxyl groups excluding tert-OH is 1. The maximum atomic E-state index is 13.9. The van der Waals surface area contributed by atoms with Crippen molar-refractivity contribution in [2.75, 3.05) is 32.1 Å². The van der Waals surface area contributed by atoms with Gasteiger partial charge < -0.3 is 24.6 Å². The number of nitrogens with one attached hydrogen (secondary N) is 1. The summed E-state index contributed by atoms with van der Waals surface area (Å²) in [5, 5.41) is 14.1. The van der Waals surface area contributed by atoms with E-state index in [1.165, 1.54) is 16.7 Å². The smallest absolute Gasteiger partial charge is 0.258 e. The van der Waals surface area contributed by atoms with Gasteiger partial charge in [-0.2, -0.15) is 0 Å². The van der Waals surface area contributed by atoms with Crippen molar-refractivity contribution in [1.82, 2.24) is 14.4 Å². The second-order valence-corrected chi connectivity index (χ2v) is 13.1. The number of hydrogen-bond acceptors (Lipinski definition) is 5. The molecule has 1 aliphatic heterocycles. The molecular weight excluding hydrogens is 600 g/mol. The highest BCUT2D eigenvalue weighted by Gasteiger charge is 2.33. The van der Waals surface area contributed by atoms with Crippen LogP contribution in [0.1, 0.15) is 35.3 Å². The van der Waals surface area contributed by atoms with Gasteiger partial charge in [0.25, 0.3) is 5.91 Å². The van der Waals surface area contributed by atoms with Gasteiger partial charge in [0.15, 0.2) is 0 Å². The molecule has 2 N–H and O–H groups in total. The van der Waals surface area contributed by atoms with E-state index in [2.05, 4.69) is 60.6 Å². The molecule has 0 aliphatic carbocycles. The number of rotatable bonds is 10. The molecule has 5 aromatic rings. The summed E-state index contributed by atoms with van der Waals surface area (Å²) in [6.07, 6.45) is 1.97. The molecule has 48 heavy (non-hydrogen) atoms. The molecule has 0 spiro atoms. The van der Waals surface area contributed by atoms with Crippen molar-refractivity contribution >= 4 is 28.4 Å². The summed E-state index contributed by atoms with van der Waals surface area (Å²) in [4.78, 5) is 31.1. The number of para-hydroxylation sites is 1. The SMILES string of the molecule is C[C@@H]1CN([C@H](C)CO)C(=O)c2cc(NC(=O)Cc3cn(C)c4ccccc34)ccc2O[C@@H]1CN(C)Cc1ccc(-c2ccccc2)cc1. The quantitative estimate of drug-likeness (QED) is 0.184. The van der Waals surface area contributed by atoms with Crippen LogP contribution in [0.5, 0.6) is 5.75 Å². The van der Waals surface area contributed by atoms with Crippen LogP contribution in [0.4, 0.5) is 5.69 Å². The van der Waals surface area contributed by atoms with Gasteiger partial charge in [0.05, 0.1) is 24.6 Å². The van der Waals surface area contributed by atoms with Gasteiger partial charge in [-0.25, -0.2) is 0 Å². The second kappa shape index (κ2) is 14.5. The molecule has 1 aliphatic rings. The predicted octanol–water partition coefficient (Wildman–Crippen LogP) is 6.38. The van der Waals surface area contributed by atoms with E-state index in [4.69, 9.17) is 4.74 Å². The van der Waals surface area contributed by atoms with E-state index in [0.717, 1.165) is 23.0 Å². The fraction of sp³-hybridized carbons (Fsp3) is 0.300. The molecule has 2 amide bonds. The number of aromatic nitrogens is 1. The number of aliphatic hydroxyl groups is 1. The summed E-state index contributed by atoms with van der Waals surface area (Å²) < 4.78 is 8.63. The third kappa shape index (κ3) is 7.30. The summed E-state index contributed by atoms with van der Waals surface area (Å²) in [7, 11) is 4.05. The van der Waals surface area contributed by atoms with Crippen molar-refractivity contribution < 1.29 is 19.4 Å². The van der Waals surface area contributed by atoms with Gasteiger partial charge >= 0.3 is 0 Å². The van der Waals surface area contributed by atoms with Crippen LogP contribution in [0.3, 0.4) is 0 Å². The Labute approximate surface area is 282 Å². The van der Waals surface area contributed by atoms with Gasteiger partial charge in [-0.05, 0) is 60.5 Å². The molecule has 0 saturated heterocycles.